The van der Waals surface area contributed by atoms with E-state index in [1.807, 2.05) is 12.1 Å². The molecule has 0 amide bonds. The van der Waals surface area contributed by atoms with Gasteiger partial charge in [0.25, 0.3) is 0 Å². The molecule has 0 unspecified atom stereocenters. The zero-order chi connectivity index (χ0) is 17.1. The Kier molecular flexibility index (Phi) is 5.07. The maximum Gasteiger partial charge on any atom is 0.123 e. The number of halogens is 1. The van der Waals surface area contributed by atoms with Gasteiger partial charge in [0.05, 0.1) is 0 Å². The number of benzene rings is 1. The number of nitrogens with zero attached hydrogens (tertiary/aromatic N) is 3. The fourth-order valence-corrected chi connectivity index (χ4v) is 4.22. The van der Waals surface area contributed by atoms with Crippen LogP contribution in [0.2, 0.25) is 0 Å². The molecule has 0 spiro atoms. The summed E-state index contributed by atoms with van der Waals surface area (Å²) in [4.78, 5) is 4.93. The minimum Gasteiger partial charge on any atom is -0.369 e. The van der Waals surface area contributed by atoms with E-state index in [0.717, 1.165) is 31.9 Å². The molecule has 2 aromatic rings. The van der Waals surface area contributed by atoms with Crippen LogP contribution in [0.5, 0.6) is 0 Å². The average Bonchev–Trinajstić information content (AvgIpc) is 3.06. The van der Waals surface area contributed by atoms with Gasteiger partial charge >= 0.3 is 0 Å². The minimum atomic E-state index is -0.157. The largest absolute Gasteiger partial charge is 0.369 e. The maximum atomic E-state index is 13.0. The first-order chi connectivity index (χ1) is 12.3. The Balaban J connectivity index is 1.23. The monoisotopic (exact) mass is 341 g/mol. The summed E-state index contributed by atoms with van der Waals surface area (Å²) in [5.74, 6) is -0.157. The third-order valence-corrected chi connectivity index (χ3v) is 5.70. The Morgan fingerprint density at radius 2 is 1.64 bits per heavy atom. The summed E-state index contributed by atoms with van der Waals surface area (Å²) < 4.78 is 15.6. The van der Waals surface area contributed by atoms with Crippen molar-refractivity contribution in [2.75, 3.05) is 37.6 Å². The first-order valence-electron chi connectivity index (χ1n) is 9.70. The van der Waals surface area contributed by atoms with Gasteiger partial charge in [-0.25, -0.2) is 4.39 Å². The second-order valence-electron chi connectivity index (χ2n) is 7.33. The van der Waals surface area contributed by atoms with E-state index >= 15 is 0 Å². The number of piperazine rings is 1. The molecule has 1 fully saturated rings. The Hall–Kier alpha value is -1.81. The van der Waals surface area contributed by atoms with Crippen molar-refractivity contribution in [1.82, 2.24) is 9.47 Å². The number of anilines is 1. The van der Waals surface area contributed by atoms with Crippen molar-refractivity contribution in [3.8, 4) is 0 Å². The fraction of sp³-hybridized carbons (Fsp3) is 0.524. The third-order valence-electron chi connectivity index (χ3n) is 5.70. The Morgan fingerprint density at radius 3 is 2.44 bits per heavy atom. The van der Waals surface area contributed by atoms with E-state index < -0.39 is 0 Å². The zero-order valence-corrected chi connectivity index (χ0v) is 15.0. The van der Waals surface area contributed by atoms with Crippen LogP contribution in [0.25, 0.3) is 0 Å². The Bertz CT molecular complexity index is 684. The van der Waals surface area contributed by atoms with Gasteiger partial charge in [-0.05, 0) is 75.0 Å². The van der Waals surface area contributed by atoms with Crippen LogP contribution in [0.15, 0.2) is 36.4 Å². The van der Waals surface area contributed by atoms with Gasteiger partial charge in [-0.2, -0.15) is 0 Å². The fourth-order valence-electron chi connectivity index (χ4n) is 4.22. The van der Waals surface area contributed by atoms with Crippen molar-refractivity contribution in [2.24, 2.45) is 0 Å². The minimum absolute atomic E-state index is 0.157. The number of fused-ring (bicyclic) bond motifs is 1. The number of hydrogen-bond donors (Lipinski definition) is 0. The van der Waals surface area contributed by atoms with Gasteiger partial charge in [-0.3, -0.25) is 4.90 Å². The van der Waals surface area contributed by atoms with Crippen LogP contribution in [0.3, 0.4) is 0 Å². The quantitative estimate of drug-likeness (QED) is 0.821. The van der Waals surface area contributed by atoms with Crippen LogP contribution in [0.1, 0.15) is 30.7 Å². The lowest BCUT2D eigenvalue weighted by Crippen LogP contribution is -2.46. The summed E-state index contributed by atoms with van der Waals surface area (Å²) in [6.07, 6.45) is 6.37. The van der Waals surface area contributed by atoms with Crippen LogP contribution < -0.4 is 4.90 Å². The molecule has 134 valence electrons. The van der Waals surface area contributed by atoms with Crippen LogP contribution in [-0.4, -0.2) is 42.2 Å². The van der Waals surface area contributed by atoms with Crippen molar-refractivity contribution in [2.45, 2.75) is 38.6 Å². The van der Waals surface area contributed by atoms with Gasteiger partial charge in [0.1, 0.15) is 5.82 Å². The van der Waals surface area contributed by atoms with E-state index in [-0.39, 0.29) is 5.82 Å². The molecule has 1 aromatic carbocycles. The summed E-state index contributed by atoms with van der Waals surface area (Å²) in [6.45, 7) is 6.66. The molecule has 3 heterocycles. The van der Waals surface area contributed by atoms with E-state index in [1.54, 1.807) is 12.1 Å². The molecule has 0 atom stereocenters. The topological polar surface area (TPSA) is 11.4 Å². The highest BCUT2D eigenvalue weighted by Gasteiger charge is 2.17. The van der Waals surface area contributed by atoms with E-state index in [1.165, 1.54) is 56.6 Å². The predicted molar refractivity (Wildman–Crippen MR) is 101 cm³/mol. The standard InChI is InChI=1S/C21H28FN3/c22-18-6-8-19(9-7-18)24-16-14-23(15-17-24)12-3-5-21-11-10-20-4-1-2-13-25(20)21/h6-11H,1-5,12-17H2. The number of rotatable bonds is 5. The Labute approximate surface area is 150 Å². The van der Waals surface area contributed by atoms with Gasteiger partial charge in [0.2, 0.25) is 0 Å². The molecule has 25 heavy (non-hydrogen) atoms. The molecule has 1 aromatic heterocycles. The average molecular weight is 341 g/mol. The normalized spacial score (nSPS) is 18.4. The molecule has 0 bridgehead atoms. The number of aryl methyl sites for hydroxylation is 2. The first kappa shape index (κ1) is 16.6. The second kappa shape index (κ2) is 7.61. The molecule has 4 heteroatoms. The molecule has 0 aliphatic carbocycles. The summed E-state index contributed by atoms with van der Waals surface area (Å²) in [6, 6.07) is 11.6. The molecule has 1 saturated heterocycles. The number of aromatic nitrogens is 1. The van der Waals surface area contributed by atoms with Crippen molar-refractivity contribution in [3.05, 3.63) is 53.6 Å². The molecule has 4 rings (SSSR count). The lowest BCUT2D eigenvalue weighted by atomic mass is 10.1. The highest BCUT2D eigenvalue weighted by atomic mass is 19.1. The molecular weight excluding hydrogens is 313 g/mol. The lowest BCUT2D eigenvalue weighted by molar-refractivity contribution is 0.254. The molecular formula is C21H28FN3. The smallest absolute Gasteiger partial charge is 0.123 e. The summed E-state index contributed by atoms with van der Waals surface area (Å²) in [5, 5.41) is 0. The Morgan fingerprint density at radius 1 is 0.840 bits per heavy atom. The van der Waals surface area contributed by atoms with E-state index in [9.17, 15) is 4.39 Å². The molecule has 2 aliphatic rings. The van der Waals surface area contributed by atoms with Gasteiger partial charge in [-0.15, -0.1) is 0 Å². The molecule has 0 N–H and O–H groups in total. The van der Waals surface area contributed by atoms with E-state index in [0.29, 0.717) is 0 Å². The van der Waals surface area contributed by atoms with Crippen LogP contribution in [0.4, 0.5) is 10.1 Å². The van der Waals surface area contributed by atoms with Crippen molar-refractivity contribution in [1.29, 1.82) is 0 Å². The summed E-state index contributed by atoms with van der Waals surface area (Å²) in [5.41, 5.74) is 4.20. The second-order valence-corrected chi connectivity index (χ2v) is 7.33. The van der Waals surface area contributed by atoms with Crippen molar-refractivity contribution >= 4 is 5.69 Å². The predicted octanol–water partition coefficient (Wildman–Crippen LogP) is 3.72. The molecule has 2 aliphatic heterocycles. The van der Waals surface area contributed by atoms with Gasteiger partial charge in [-0.1, -0.05) is 0 Å². The molecule has 0 radical (unpaired) electrons. The van der Waals surface area contributed by atoms with E-state index in [4.69, 9.17) is 0 Å². The van der Waals surface area contributed by atoms with Gasteiger partial charge in [0, 0.05) is 49.8 Å². The van der Waals surface area contributed by atoms with E-state index in [2.05, 4.69) is 26.5 Å². The van der Waals surface area contributed by atoms with Crippen molar-refractivity contribution < 1.29 is 4.39 Å². The molecule has 0 saturated carbocycles. The number of hydrogen-bond acceptors (Lipinski definition) is 2. The zero-order valence-electron chi connectivity index (χ0n) is 15.0. The van der Waals surface area contributed by atoms with Crippen molar-refractivity contribution in [3.63, 3.8) is 0 Å². The summed E-state index contributed by atoms with van der Waals surface area (Å²) in [7, 11) is 0. The molecule has 3 nitrogen and oxygen atoms in total. The SMILES string of the molecule is Fc1ccc(N2CCN(CCCc3ccc4n3CCCC4)CC2)cc1. The maximum absolute atomic E-state index is 13.0. The first-order valence-corrected chi connectivity index (χ1v) is 9.70. The van der Waals surface area contributed by atoms with Gasteiger partial charge in [0.15, 0.2) is 0 Å². The lowest BCUT2D eigenvalue weighted by Gasteiger charge is -2.36. The summed E-state index contributed by atoms with van der Waals surface area (Å²) >= 11 is 0. The highest BCUT2D eigenvalue weighted by Crippen LogP contribution is 2.20. The highest BCUT2D eigenvalue weighted by molar-refractivity contribution is 5.46. The van der Waals surface area contributed by atoms with Crippen LogP contribution in [-0.2, 0) is 19.4 Å². The van der Waals surface area contributed by atoms with Crippen LogP contribution >= 0.6 is 0 Å². The van der Waals surface area contributed by atoms with Crippen LogP contribution in [0, 0.1) is 5.82 Å². The van der Waals surface area contributed by atoms with Gasteiger partial charge < -0.3 is 9.47 Å². The third kappa shape index (κ3) is 3.90.